The SMILES string of the molecule is CCNC(=NCc1cccc([N+](=O)[O-])c1)NCCc1ccc(F)cc1C.I. The minimum atomic E-state index is -0.415. The van der Waals surface area contributed by atoms with Crippen LogP contribution in [-0.2, 0) is 13.0 Å². The Morgan fingerprint density at radius 3 is 2.67 bits per heavy atom. The molecule has 2 N–H and O–H groups in total. The van der Waals surface area contributed by atoms with Crippen LogP contribution in [0.3, 0.4) is 0 Å². The molecule has 0 unspecified atom stereocenters. The van der Waals surface area contributed by atoms with Crippen molar-refractivity contribution >= 4 is 35.6 Å². The number of halogens is 2. The summed E-state index contributed by atoms with van der Waals surface area (Å²) in [6.45, 7) is 5.55. The molecule has 0 fully saturated rings. The molecule has 0 heterocycles. The lowest BCUT2D eigenvalue weighted by Crippen LogP contribution is -2.38. The molecule has 0 saturated heterocycles. The maximum Gasteiger partial charge on any atom is 0.269 e. The van der Waals surface area contributed by atoms with E-state index in [2.05, 4.69) is 15.6 Å². The maximum absolute atomic E-state index is 13.2. The molecule has 6 nitrogen and oxygen atoms in total. The quantitative estimate of drug-likeness (QED) is 0.204. The third-order valence-electron chi connectivity index (χ3n) is 3.88. The van der Waals surface area contributed by atoms with Gasteiger partial charge in [-0.25, -0.2) is 9.38 Å². The van der Waals surface area contributed by atoms with Crippen molar-refractivity contribution in [1.29, 1.82) is 0 Å². The number of guanidine groups is 1. The summed E-state index contributed by atoms with van der Waals surface area (Å²) in [6, 6.07) is 11.2. The number of nitro groups is 1. The van der Waals surface area contributed by atoms with Crippen LogP contribution in [0.1, 0.15) is 23.6 Å². The van der Waals surface area contributed by atoms with Gasteiger partial charge in [-0.3, -0.25) is 10.1 Å². The van der Waals surface area contributed by atoms with Crippen LogP contribution in [0.15, 0.2) is 47.5 Å². The molecule has 0 aromatic heterocycles. The first-order chi connectivity index (χ1) is 12.5. The molecule has 0 aliphatic heterocycles. The monoisotopic (exact) mass is 486 g/mol. The highest BCUT2D eigenvalue weighted by atomic mass is 127. The first-order valence-electron chi connectivity index (χ1n) is 8.50. The average molecular weight is 486 g/mol. The number of benzene rings is 2. The van der Waals surface area contributed by atoms with Gasteiger partial charge in [0.2, 0.25) is 0 Å². The number of nitrogens with zero attached hydrogens (tertiary/aromatic N) is 2. The molecule has 2 aromatic carbocycles. The maximum atomic E-state index is 13.2. The Bertz CT molecular complexity index is 799. The van der Waals surface area contributed by atoms with Crippen LogP contribution < -0.4 is 10.6 Å². The fourth-order valence-electron chi connectivity index (χ4n) is 2.54. The van der Waals surface area contributed by atoms with Gasteiger partial charge in [0.05, 0.1) is 11.5 Å². The summed E-state index contributed by atoms with van der Waals surface area (Å²) < 4.78 is 13.2. The molecule has 2 aromatic rings. The fourth-order valence-corrected chi connectivity index (χ4v) is 2.54. The van der Waals surface area contributed by atoms with Gasteiger partial charge in [0.1, 0.15) is 5.82 Å². The van der Waals surface area contributed by atoms with Crippen molar-refractivity contribution in [2.24, 2.45) is 4.99 Å². The molecule has 0 atom stereocenters. The molecule has 8 heteroatoms. The highest BCUT2D eigenvalue weighted by Gasteiger charge is 2.06. The van der Waals surface area contributed by atoms with E-state index < -0.39 is 4.92 Å². The molecule has 27 heavy (non-hydrogen) atoms. The second-order valence-corrected chi connectivity index (χ2v) is 5.87. The predicted molar refractivity (Wildman–Crippen MR) is 116 cm³/mol. The van der Waals surface area contributed by atoms with Crippen molar-refractivity contribution in [2.45, 2.75) is 26.8 Å². The summed E-state index contributed by atoms with van der Waals surface area (Å²) in [7, 11) is 0. The molecular weight excluding hydrogens is 462 g/mol. The number of aryl methyl sites for hydroxylation is 1. The van der Waals surface area contributed by atoms with E-state index >= 15 is 0 Å². The molecule has 146 valence electrons. The van der Waals surface area contributed by atoms with Crippen molar-refractivity contribution in [3.63, 3.8) is 0 Å². The standard InChI is InChI=1S/C19H23FN4O2.HI/c1-3-21-19(22-10-9-16-7-8-17(20)11-14(16)2)23-13-15-5-4-6-18(12-15)24(25)26;/h4-8,11-12H,3,9-10,13H2,1-2H3,(H2,21,22,23);1H. The van der Waals surface area contributed by atoms with Gasteiger partial charge in [-0.2, -0.15) is 0 Å². The van der Waals surface area contributed by atoms with Crippen molar-refractivity contribution in [3.05, 3.63) is 75.1 Å². The average Bonchev–Trinajstić information content (AvgIpc) is 2.61. The molecule has 2 rings (SSSR count). The van der Waals surface area contributed by atoms with Crippen molar-refractivity contribution in [1.82, 2.24) is 10.6 Å². The first-order valence-corrected chi connectivity index (χ1v) is 8.50. The molecule has 0 spiro atoms. The van der Waals surface area contributed by atoms with Crippen molar-refractivity contribution in [3.8, 4) is 0 Å². The molecular formula is C19H24FIN4O2. The Labute approximate surface area is 175 Å². The van der Waals surface area contributed by atoms with Gasteiger partial charge in [-0.05, 0) is 49.1 Å². The van der Waals surface area contributed by atoms with Crippen molar-refractivity contribution in [2.75, 3.05) is 13.1 Å². The second-order valence-electron chi connectivity index (χ2n) is 5.87. The van der Waals surface area contributed by atoms with E-state index in [1.807, 2.05) is 19.9 Å². The lowest BCUT2D eigenvalue weighted by molar-refractivity contribution is -0.384. The minimum Gasteiger partial charge on any atom is -0.357 e. The van der Waals surface area contributed by atoms with E-state index in [9.17, 15) is 14.5 Å². The summed E-state index contributed by atoms with van der Waals surface area (Å²) in [5.74, 6) is 0.407. The number of hydrogen-bond acceptors (Lipinski definition) is 3. The lowest BCUT2D eigenvalue weighted by Gasteiger charge is -2.12. The molecule has 0 amide bonds. The third-order valence-corrected chi connectivity index (χ3v) is 3.88. The Morgan fingerprint density at radius 2 is 2.00 bits per heavy atom. The van der Waals surface area contributed by atoms with Gasteiger partial charge in [-0.1, -0.05) is 18.2 Å². The Balaban J connectivity index is 0.00000364. The van der Waals surface area contributed by atoms with Crippen LogP contribution in [0, 0.1) is 22.9 Å². The number of nitro benzene ring substituents is 1. The van der Waals surface area contributed by atoms with Crippen LogP contribution >= 0.6 is 24.0 Å². The van der Waals surface area contributed by atoms with Crippen LogP contribution in [0.25, 0.3) is 0 Å². The van der Waals surface area contributed by atoms with Crippen LogP contribution in [0.4, 0.5) is 10.1 Å². The van der Waals surface area contributed by atoms with E-state index in [1.54, 1.807) is 12.1 Å². The van der Waals surface area contributed by atoms with E-state index in [-0.39, 0.29) is 35.5 Å². The van der Waals surface area contributed by atoms with Crippen molar-refractivity contribution < 1.29 is 9.31 Å². The van der Waals surface area contributed by atoms with Gasteiger partial charge in [0, 0.05) is 25.2 Å². The Morgan fingerprint density at radius 1 is 1.22 bits per heavy atom. The Kier molecular flexibility index (Phi) is 9.70. The molecule has 0 saturated carbocycles. The summed E-state index contributed by atoms with van der Waals surface area (Å²) >= 11 is 0. The van der Waals surface area contributed by atoms with Crippen LogP contribution in [0.5, 0.6) is 0 Å². The van der Waals surface area contributed by atoms with Crippen LogP contribution in [0.2, 0.25) is 0 Å². The smallest absolute Gasteiger partial charge is 0.269 e. The lowest BCUT2D eigenvalue weighted by atomic mass is 10.1. The zero-order valence-corrected chi connectivity index (χ0v) is 17.7. The van der Waals surface area contributed by atoms with E-state index in [0.29, 0.717) is 25.6 Å². The van der Waals surface area contributed by atoms with E-state index in [1.165, 1.54) is 24.3 Å². The number of aliphatic imine (C=N–C) groups is 1. The molecule has 0 aliphatic carbocycles. The number of nitrogens with one attached hydrogen (secondary N) is 2. The third kappa shape index (κ3) is 7.49. The normalized spacial score (nSPS) is 10.9. The zero-order valence-electron chi connectivity index (χ0n) is 15.4. The van der Waals surface area contributed by atoms with Gasteiger partial charge in [0.15, 0.2) is 5.96 Å². The summed E-state index contributed by atoms with van der Waals surface area (Å²) in [4.78, 5) is 14.9. The predicted octanol–water partition coefficient (Wildman–Crippen LogP) is 3.96. The van der Waals surface area contributed by atoms with Gasteiger partial charge in [-0.15, -0.1) is 24.0 Å². The number of hydrogen-bond donors (Lipinski definition) is 2. The molecule has 0 radical (unpaired) electrons. The largest absolute Gasteiger partial charge is 0.357 e. The first kappa shape index (κ1) is 22.8. The highest BCUT2D eigenvalue weighted by molar-refractivity contribution is 14.0. The molecule has 0 aliphatic rings. The van der Waals surface area contributed by atoms with E-state index in [4.69, 9.17) is 0 Å². The topological polar surface area (TPSA) is 79.6 Å². The van der Waals surface area contributed by atoms with Gasteiger partial charge < -0.3 is 10.6 Å². The second kappa shape index (κ2) is 11.5. The summed E-state index contributed by atoms with van der Waals surface area (Å²) in [5, 5.41) is 17.2. The number of non-ortho nitro benzene ring substituents is 1. The number of rotatable bonds is 7. The van der Waals surface area contributed by atoms with E-state index in [0.717, 1.165) is 23.1 Å². The Hall–Kier alpha value is -2.23. The fraction of sp³-hybridized carbons (Fsp3) is 0.316. The van der Waals surface area contributed by atoms with Crippen LogP contribution in [-0.4, -0.2) is 24.0 Å². The minimum absolute atomic E-state index is 0. The zero-order chi connectivity index (χ0) is 18.9. The van der Waals surface area contributed by atoms with Gasteiger partial charge in [0.25, 0.3) is 5.69 Å². The summed E-state index contributed by atoms with van der Waals surface area (Å²) in [5.41, 5.74) is 2.83. The molecule has 0 bridgehead atoms. The van der Waals surface area contributed by atoms with Gasteiger partial charge >= 0.3 is 0 Å². The summed E-state index contributed by atoms with van der Waals surface area (Å²) in [6.07, 6.45) is 0.743. The highest BCUT2D eigenvalue weighted by Crippen LogP contribution is 2.13.